The number of urea groups is 1. The van der Waals surface area contributed by atoms with Crippen LogP contribution in [0.1, 0.15) is 25.5 Å². The number of nitrogens with zero attached hydrogens (tertiary/aromatic N) is 5. The van der Waals surface area contributed by atoms with Crippen molar-refractivity contribution in [2.45, 2.75) is 26.3 Å². The second-order valence-electron chi connectivity index (χ2n) is 7.16. The highest BCUT2D eigenvalue weighted by atomic mass is 32.3. The Morgan fingerprint density at radius 1 is 1.42 bits per heavy atom. The second-order valence-corrected chi connectivity index (χ2v) is 8.17. The number of aromatic nitrogens is 2. The normalized spacial score (nSPS) is 16.8. The minimum Gasteiger partial charge on any atom is -0.323 e. The van der Waals surface area contributed by atoms with E-state index in [9.17, 15) is 18.0 Å². The van der Waals surface area contributed by atoms with Crippen LogP contribution in [0, 0.1) is 5.92 Å². The lowest BCUT2D eigenvalue weighted by atomic mass is 9.98. The Morgan fingerprint density at radius 3 is 2.73 bits per heavy atom. The van der Waals surface area contributed by atoms with Crippen molar-refractivity contribution in [2.75, 3.05) is 38.3 Å². The van der Waals surface area contributed by atoms with Gasteiger partial charge in [0.15, 0.2) is 0 Å². The average molecular weight is 491 g/mol. The summed E-state index contributed by atoms with van der Waals surface area (Å²) in [6.45, 7) is 5.14. The Bertz CT molecular complexity index is 930. The number of fused-ring (bicyclic) bond motifs is 1. The molecule has 2 aliphatic heterocycles. The number of hydroxylamine groups is 2. The van der Waals surface area contributed by atoms with Crippen molar-refractivity contribution in [2.24, 2.45) is 18.0 Å². The predicted molar refractivity (Wildman–Crippen MR) is 117 cm³/mol. The molecule has 1 fully saturated rings. The van der Waals surface area contributed by atoms with Crippen molar-refractivity contribution in [1.82, 2.24) is 30.8 Å². The average Bonchev–Trinajstić information content (AvgIpc) is 3.15. The number of rotatable bonds is 7. The van der Waals surface area contributed by atoms with E-state index >= 15 is 0 Å². The topological polar surface area (TPSA) is 180 Å². The summed E-state index contributed by atoms with van der Waals surface area (Å²) in [5.74, 6) is 0.554. The summed E-state index contributed by atoms with van der Waals surface area (Å²) in [4.78, 5) is 32.6. The van der Waals surface area contributed by atoms with Crippen molar-refractivity contribution >= 4 is 34.5 Å². The van der Waals surface area contributed by atoms with Crippen molar-refractivity contribution in [3.8, 4) is 0 Å². The molecule has 0 atom stereocenters. The third-order valence-electron chi connectivity index (χ3n) is 4.92. The van der Waals surface area contributed by atoms with Gasteiger partial charge in [-0.1, -0.05) is 0 Å². The van der Waals surface area contributed by atoms with E-state index in [1.54, 1.807) is 21.0 Å². The van der Waals surface area contributed by atoms with E-state index in [1.807, 2.05) is 0 Å². The molecule has 1 aromatic rings. The lowest BCUT2D eigenvalue weighted by Gasteiger charge is -2.32. The SMILES string of the molecule is CCN1Cc2c(cnn2C)N(OS(=O)(=O)O)C1=O.CN=CNOC(=O)NCC1CCNCC1. The number of piperidine rings is 1. The Labute approximate surface area is 192 Å². The Hall–Kier alpha value is -2.95. The van der Waals surface area contributed by atoms with Gasteiger partial charge in [-0.25, -0.2) is 15.1 Å². The van der Waals surface area contributed by atoms with Gasteiger partial charge in [0.25, 0.3) is 0 Å². The molecule has 0 unspecified atom stereocenters. The molecule has 1 aromatic heterocycles. The Balaban J connectivity index is 0.000000238. The summed E-state index contributed by atoms with van der Waals surface area (Å²) >= 11 is 0. The van der Waals surface area contributed by atoms with Crippen LogP contribution in [0.15, 0.2) is 11.2 Å². The molecule has 1 saturated heterocycles. The minimum atomic E-state index is -4.78. The molecule has 0 radical (unpaired) electrons. The summed E-state index contributed by atoms with van der Waals surface area (Å²) in [5.41, 5.74) is 3.12. The van der Waals surface area contributed by atoms with Crippen molar-refractivity contribution in [1.29, 1.82) is 0 Å². The van der Waals surface area contributed by atoms with Gasteiger partial charge in [-0.2, -0.15) is 13.5 Å². The van der Waals surface area contributed by atoms with Crippen LogP contribution < -0.4 is 21.2 Å². The molecule has 0 spiro atoms. The standard InChI is InChI=1S/C9H18N4O2.C8H12N4O5S/c1-10-7-13-15-9(14)12-6-8-2-4-11-5-3-8;1-3-11-5-7-6(4-9-10(7)2)12(8(11)13)17-18(14,15)16/h7-8,11H,2-6H2,1H3,(H,10,13)(H,12,14);4H,3,5H2,1-2H3,(H,14,15,16). The van der Waals surface area contributed by atoms with E-state index in [-0.39, 0.29) is 5.69 Å². The Morgan fingerprint density at radius 2 is 2.12 bits per heavy atom. The maximum absolute atomic E-state index is 11.9. The maximum Gasteiger partial charge on any atom is 0.431 e. The molecule has 0 aliphatic carbocycles. The number of anilines is 1. The summed E-state index contributed by atoms with van der Waals surface area (Å²) in [6, 6.07) is -0.671. The van der Waals surface area contributed by atoms with Crippen LogP contribution >= 0.6 is 0 Å². The molecule has 0 saturated carbocycles. The van der Waals surface area contributed by atoms with Gasteiger partial charge >= 0.3 is 22.5 Å². The number of carbonyl (C=O) groups excluding carboxylic acids is 2. The number of aliphatic imine (C=N–C) groups is 1. The summed E-state index contributed by atoms with van der Waals surface area (Å²) in [6.07, 6.45) is 4.34. The van der Waals surface area contributed by atoms with E-state index in [4.69, 9.17) is 4.55 Å². The molecule has 4 N–H and O–H groups in total. The van der Waals surface area contributed by atoms with E-state index in [1.165, 1.54) is 22.1 Å². The smallest absolute Gasteiger partial charge is 0.323 e. The highest BCUT2D eigenvalue weighted by molar-refractivity contribution is 7.81. The summed E-state index contributed by atoms with van der Waals surface area (Å²) < 4.78 is 36.0. The van der Waals surface area contributed by atoms with Crippen molar-refractivity contribution in [3.05, 3.63) is 11.9 Å². The van der Waals surface area contributed by atoms with Gasteiger partial charge in [0.2, 0.25) is 0 Å². The van der Waals surface area contributed by atoms with Crippen LogP contribution in [0.2, 0.25) is 0 Å². The predicted octanol–water partition coefficient (Wildman–Crippen LogP) is -0.209. The zero-order valence-electron chi connectivity index (χ0n) is 18.7. The first kappa shape index (κ1) is 26.3. The molecule has 2 aliphatic rings. The lowest BCUT2D eigenvalue weighted by Crippen LogP contribution is -2.47. The molecular weight excluding hydrogens is 460 g/mol. The number of amides is 3. The molecule has 3 amide bonds. The molecule has 33 heavy (non-hydrogen) atoms. The molecule has 3 heterocycles. The van der Waals surface area contributed by atoms with Gasteiger partial charge in [-0.3, -0.25) is 14.2 Å². The van der Waals surface area contributed by atoms with E-state index in [0.29, 0.717) is 36.3 Å². The zero-order valence-corrected chi connectivity index (χ0v) is 19.5. The Kier molecular flexibility index (Phi) is 9.83. The number of hydrogen-bond donors (Lipinski definition) is 4. The van der Waals surface area contributed by atoms with Gasteiger partial charge in [0, 0.05) is 27.2 Å². The number of aryl methyl sites for hydroxylation is 1. The molecule has 0 aromatic carbocycles. The minimum absolute atomic E-state index is 0.199. The first-order chi connectivity index (χ1) is 15.7. The zero-order chi connectivity index (χ0) is 24.4. The quantitative estimate of drug-likeness (QED) is 0.173. The first-order valence-corrected chi connectivity index (χ1v) is 11.6. The first-order valence-electron chi connectivity index (χ1n) is 10.2. The van der Waals surface area contributed by atoms with Crippen LogP contribution in [0.3, 0.4) is 0 Å². The van der Waals surface area contributed by atoms with Crippen LogP contribution in [-0.2, 0) is 33.1 Å². The fraction of sp³-hybridized carbons (Fsp3) is 0.647. The van der Waals surface area contributed by atoms with Gasteiger partial charge in [-0.15, -0.1) is 9.35 Å². The van der Waals surface area contributed by atoms with Gasteiger partial charge in [0.05, 0.1) is 18.4 Å². The van der Waals surface area contributed by atoms with Gasteiger partial charge < -0.3 is 20.4 Å². The van der Waals surface area contributed by atoms with Crippen LogP contribution in [0.25, 0.3) is 0 Å². The van der Waals surface area contributed by atoms with Crippen molar-refractivity contribution in [3.63, 3.8) is 0 Å². The number of hydrogen-bond acceptors (Lipinski definition) is 9. The van der Waals surface area contributed by atoms with Crippen LogP contribution in [-0.4, -0.2) is 79.3 Å². The monoisotopic (exact) mass is 490 g/mol. The van der Waals surface area contributed by atoms with Crippen molar-refractivity contribution < 1.29 is 31.7 Å². The third kappa shape index (κ3) is 8.16. The fourth-order valence-corrected chi connectivity index (χ4v) is 3.51. The van der Waals surface area contributed by atoms with Crippen LogP contribution in [0.4, 0.5) is 15.3 Å². The maximum atomic E-state index is 11.9. The summed E-state index contributed by atoms with van der Waals surface area (Å²) in [5, 5.41) is 10.4. The molecule has 0 bridgehead atoms. The third-order valence-corrected chi connectivity index (χ3v) is 5.26. The van der Waals surface area contributed by atoms with E-state index in [0.717, 1.165) is 25.9 Å². The molecule has 15 nitrogen and oxygen atoms in total. The number of carbonyl (C=O) groups is 2. The van der Waals surface area contributed by atoms with E-state index in [2.05, 4.69) is 35.3 Å². The lowest BCUT2D eigenvalue weighted by molar-refractivity contribution is 0.120. The summed E-state index contributed by atoms with van der Waals surface area (Å²) in [7, 11) is -1.53. The highest BCUT2D eigenvalue weighted by Gasteiger charge is 2.35. The van der Waals surface area contributed by atoms with Gasteiger partial charge in [-0.05, 0) is 38.8 Å². The molecule has 16 heteroatoms. The molecule has 3 rings (SSSR count). The molecular formula is C17H30N8O7S. The van der Waals surface area contributed by atoms with Gasteiger partial charge in [0.1, 0.15) is 12.0 Å². The highest BCUT2D eigenvalue weighted by Crippen LogP contribution is 2.28. The molecule has 186 valence electrons. The second kappa shape index (κ2) is 12.3. The van der Waals surface area contributed by atoms with Crippen LogP contribution in [0.5, 0.6) is 0 Å². The fourth-order valence-electron chi connectivity index (χ4n) is 3.18. The van der Waals surface area contributed by atoms with E-state index < -0.39 is 22.5 Å². The number of nitrogens with one attached hydrogen (secondary N) is 3. The largest absolute Gasteiger partial charge is 0.431 e.